The van der Waals surface area contributed by atoms with Crippen molar-refractivity contribution in [3.8, 4) is 0 Å². The highest BCUT2D eigenvalue weighted by Crippen LogP contribution is 2.18. The van der Waals surface area contributed by atoms with Gasteiger partial charge in [0, 0.05) is 45.2 Å². The summed E-state index contributed by atoms with van der Waals surface area (Å²) in [4.78, 5) is 2.05. The largest absolute Gasteiger partial charge is 0.385 e. The van der Waals surface area contributed by atoms with E-state index < -0.39 is 0 Å². The number of methoxy groups -OCH3 is 1. The molecule has 106 valence electrons. The lowest BCUT2D eigenvalue weighted by molar-refractivity contribution is 0.107. The highest BCUT2D eigenvalue weighted by Gasteiger charge is 2.08. The molecule has 0 aliphatic rings. The van der Waals surface area contributed by atoms with Crippen LogP contribution < -0.4 is 10.6 Å². The van der Waals surface area contributed by atoms with E-state index in [1.165, 1.54) is 0 Å². The maximum atomic E-state index is 7.56. The summed E-state index contributed by atoms with van der Waals surface area (Å²) in [6.07, 6.45) is 0.907. The van der Waals surface area contributed by atoms with Crippen molar-refractivity contribution in [1.29, 1.82) is 5.41 Å². The molecule has 0 amide bonds. The fourth-order valence-electron chi connectivity index (χ4n) is 1.76. The monoisotopic (exact) mass is 265 g/mol. The smallest absolute Gasteiger partial charge is 0.124 e. The van der Waals surface area contributed by atoms with Crippen molar-refractivity contribution >= 4 is 11.5 Å². The van der Waals surface area contributed by atoms with Gasteiger partial charge in [-0.25, -0.2) is 0 Å². The van der Waals surface area contributed by atoms with Gasteiger partial charge in [-0.1, -0.05) is 12.1 Å². The van der Waals surface area contributed by atoms with Gasteiger partial charge < -0.3 is 20.1 Å². The molecule has 0 aliphatic heterocycles. The average molecular weight is 265 g/mol. The van der Waals surface area contributed by atoms with Gasteiger partial charge >= 0.3 is 0 Å². The molecule has 0 spiro atoms. The van der Waals surface area contributed by atoms with Crippen molar-refractivity contribution < 1.29 is 9.47 Å². The Hall–Kier alpha value is -1.59. The molecule has 0 unspecified atom stereocenters. The van der Waals surface area contributed by atoms with Gasteiger partial charge in [0.15, 0.2) is 0 Å². The van der Waals surface area contributed by atoms with E-state index in [9.17, 15) is 0 Å². The third kappa shape index (κ3) is 5.28. The van der Waals surface area contributed by atoms with Gasteiger partial charge in [-0.15, -0.1) is 0 Å². The van der Waals surface area contributed by atoms with Gasteiger partial charge in [-0.3, -0.25) is 5.41 Å². The SMILES string of the molecule is COCCCOCCN(C)c1ccccc1C(=N)N. The lowest BCUT2D eigenvalue weighted by atomic mass is 10.1. The lowest BCUT2D eigenvalue weighted by Gasteiger charge is -2.22. The minimum Gasteiger partial charge on any atom is -0.385 e. The number of hydrogen-bond acceptors (Lipinski definition) is 4. The molecule has 0 fully saturated rings. The Morgan fingerprint density at radius 2 is 2.00 bits per heavy atom. The van der Waals surface area contributed by atoms with Gasteiger partial charge in [-0.05, 0) is 18.6 Å². The Bertz CT molecular complexity index is 396. The van der Waals surface area contributed by atoms with E-state index in [-0.39, 0.29) is 5.84 Å². The van der Waals surface area contributed by atoms with Crippen molar-refractivity contribution in [1.82, 2.24) is 0 Å². The first-order chi connectivity index (χ1) is 9.16. The summed E-state index contributed by atoms with van der Waals surface area (Å²) in [6, 6.07) is 7.64. The number of nitrogens with one attached hydrogen (secondary N) is 1. The summed E-state index contributed by atoms with van der Waals surface area (Å²) in [5, 5.41) is 7.56. The fraction of sp³-hybridized carbons (Fsp3) is 0.500. The number of nitrogens with zero attached hydrogens (tertiary/aromatic N) is 1. The molecule has 0 saturated carbocycles. The van der Waals surface area contributed by atoms with Crippen molar-refractivity contribution in [2.24, 2.45) is 5.73 Å². The molecule has 5 heteroatoms. The van der Waals surface area contributed by atoms with Crippen LogP contribution in [0.4, 0.5) is 5.69 Å². The molecule has 1 aromatic carbocycles. The number of para-hydroxylation sites is 1. The summed E-state index contributed by atoms with van der Waals surface area (Å²) >= 11 is 0. The van der Waals surface area contributed by atoms with Crippen LogP contribution in [-0.4, -0.2) is 46.4 Å². The number of benzene rings is 1. The third-order valence-corrected chi connectivity index (χ3v) is 2.81. The zero-order chi connectivity index (χ0) is 14.1. The van der Waals surface area contributed by atoms with Crippen molar-refractivity contribution in [2.75, 3.05) is 45.4 Å². The fourth-order valence-corrected chi connectivity index (χ4v) is 1.76. The van der Waals surface area contributed by atoms with E-state index in [0.29, 0.717) is 13.2 Å². The van der Waals surface area contributed by atoms with Crippen LogP contribution in [0.1, 0.15) is 12.0 Å². The number of nitrogen functional groups attached to an aromatic ring is 1. The minimum atomic E-state index is 0.0865. The quantitative estimate of drug-likeness (QED) is 0.403. The summed E-state index contributed by atoms with van der Waals surface area (Å²) in [5.74, 6) is 0.0865. The van der Waals surface area contributed by atoms with Crippen LogP contribution in [0.3, 0.4) is 0 Å². The number of nitrogens with two attached hydrogens (primary N) is 1. The third-order valence-electron chi connectivity index (χ3n) is 2.81. The first-order valence-electron chi connectivity index (χ1n) is 6.38. The highest BCUT2D eigenvalue weighted by molar-refractivity contribution is 6.00. The van der Waals surface area contributed by atoms with E-state index in [2.05, 4.69) is 0 Å². The van der Waals surface area contributed by atoms with Gasteiger partial charge in [0.2, 0.25) is 0 Å². The van der Waals surface area contributed by atoms with Crippen molar-refractivity contribution in [2.45, 2.75) is 6.42 Å². The maximum absolute atomic E-state index is 7.56. The second kappa shape index (κ2) is 8.50. The van der Waals surface area contributed by atoms with Crippen LogP contribution in [0.15, 0.2) is 24.3 Å². The van der Waals surface area contributed by atoms with Crippen LogP contribution in [0.2, 0.25) is 0 Å². The first kappa shape index (κ1) is 15.5. The van der Waals surface area contributed by atoms with Crippen LogP contribution >= 0.6 is 0 Å². The Morgan fingerprint density at radius 3 is 2.68 bits per heavy atom. The van der Waals surface area contributed by atoms with Crippen molar-refractivity contribution in [3.05, 3.63) is 29.8 Å². The number of likely N-dealkylation sites (N-methyl/N-ethyl adjacent to an activating group) is 1. The van der Waals surface area contributed by atoms with E-state index >= 15 is 0 Å². The molecule has 0 bridgehead atoms. The molecular weight excluding hydrogens is 242 g/mol. The van der Waals surface area contributed by atoms with Crippen LogP contribution in [0, 0.1) is 5.41 Å². The van der Waals surface area contributed by atoms with E-state index in [1.807, 2.05) is 36.2 Å². The Balaban J connectivity index is 2.41. The molecule has 0 radical (unpaired) electrons. The average Bonchev–Trinajstić information content (AvgIpc) is 2.42. The Morgan fingerprint density at radius 1 is 1.26 bits per heavy atom. The molecule has 0 aromatic heterocycles. The summed E-state index contributed by atoms with van der Waals surface area (Å²) in [5.41, 5.74) is 7.28. The van der Waals surface area contributed by atoms with Crippen LogP contribution in [0.5, 0.6) is 0 Å². The molecule has 19 heavy (non-hydrogen) atoms. The van der Waals surface area contributed by atoms with Gasteiger partial charge in [0.05, 0.1) is 6.61 Å². The molecule has 5 nitrogen and oxygen atoms in total. The molecule has 3 N–H and O–H groups in total. The molecule has 1 aromatic rings. The zero-order valence-electron chi connectivity index (χ0n) is 11.7. The minimum absolute atomic E-state index is 0.0865. The molecule has 0 heterocycles. The molecule has 1 rings (SSSR count). The second-order valence-electron chi connectivity index (χ2n) is 4.31. The Kier molecular flexibility index (Phi) is 6.92. The summed E-state index contributed by atoms with van der Waals surface area (Å²) < 4.78 is 10.5. The number of anilines is 1. The molecular formula is C14H23N3O2. The topological polar surface area (TPSA) is 71.6 Å². The number of hydrogen-bond donors (Lipinski definition) is 2. The second-order valence-corrected chi connectivity index (χ2v) is 4.31. The molecule has 0 aliphatic carbocycles. The normalized spacial score (nSPS) is 10.4. The van der Waals surface area contributed by atoms with Crippen LogP contribution in [-0.2, 0) is 9.47 Å². The van der Waals surface area contributed by atoms with E-state index in [0.717, 1.165) is 30.8 Å². The Labute approximate surface area is 114 Å². The number of amidine groups is 1. The predicted molar refractivity (Wildman–Crippen MR) is 78.0 cm³/mol. The lowest BCUT2D eigenvalue weighted by Crippen LogP contribution is -2.26. The first-order valence-corrected chi connectivity index (χ1v) is 6.38. The van der Waals surface area contributed by atoms with Gasteiger partial charge in [0.1, 0.15) is 5.84 Å². The molecule has 0 saturated heterocycles. The zero-order valence-corrected chi connectivity index (χ0v) is 11.7. The number of rotatable bonds is 9. The molecule has 0 atom stereocenters. The standard InChI is InChI=1S/C14H23N3O2/c1-17(8-11-19-10-5-9-18-2)13-7-4-3-6-12(13)14(15)16/h3-4,6-7H,5,8-11H2,1-2H3,(H3,15,16). The van der Waals surface area contributed by atoms with Gasteiger partial charge in [-0.2, -0.15) is 0 Å². The van der Waals surface area contributed by atoms with Gasteiger partial charge in [0.25, 0.3) is 0 Å². The predicted octanol–water partition coefficient (Wildman–Crippen LogP) is 1.46. The highest BCUT2D eigenvalue weighted by atomic mass is 16.5. The van der Waals surface area contributed by atoms with Crippen LogP contribution in [0.25, 0.3) is 0 Å². The summed E-state index contributed by atoms with van der Waals surface area (Å²) in [6.45, 7) is 2.84. The van der Waals surface area contributed by atoms with Crippen molar-refractivity contribution in [3.63, 3.8) is 0 Å². The number of ether oxygens (including phenoxy) is 2. The van der Waals surface area contributed by atoms with E-state index in [4.69, 9.17) is 20.6 Å². The van der Waals surface area contributed by atoms with E-state index in [1.54, 1.807) is 7.11 Å². The summed E-state index contributed by atoms with van der Waals surface area (Å²) in [7, 11) is 3.66. The maximum Gasteiger partial charge on any atom is 0.124 e.